The fourth-order valence-corrected chi connectivity index (χ4v) is 2.21. The van der Waals surface area contributed by atoms with E-state index in [1.807, 2.05) is 0 Å². The molecule has 0 aliphatic rings. The summed E-state index contributed by atoms with van der Waals surface area (Å²) in [4.78, 5) is 0. The molecule has 0 spiro atoms. The fraction of sp³-hybridized carbons (Fsp3) is 0.667. The van der Waals surface area contributed by atoms with Crippen LogP contribution in [-0.4, -0.2) is 33.4 Å². The van der Waals surface area contributed by atoms with Gasteiger partial charge in [-0.15, -0.1) is 0 Å². The Labute approximate surface area is 130 Å². The molecule has 3 nitrogen and oxygen atoms in total. The Morgan fingerprint density at radius 3 is 2.33 bits per heavy atom. The van der Waals surface area contributed by atoms with E-state index in [1.54, 1.807) is 7.11 Å². The van der Waals surface area contributed by atoms with Crippen LogP contribution >= 0.6 is 0 Å². The van der Waals surface area contributed by atoms with Crippen molar-refractivity contribution in [2.45, 2.75) is 46.0 Å². The predicted molar refractivity (Wildman–Crippen MR) is 89.4 cm³/mol. The van der Waals surface area contributed by atoms with Crippen LogP contribution in [0.3, 0.4) is 0 Å². The highest BCUT2D eigenvalue weighted by molar-refractivity contribution is 5.41. The molecule has 0 unspecified atom stereocenters. The van der Waals surface area contributed by atoms with Crippen LogP contribution in [0.1, 0.15) is 44.7 Å². The Bertz CT molecular complexity index is 410. The first-order chi connectivity index (χ1) is 9.95. The van der Waals surface area contributed by atoms with Crippen LogP contribution < -0.4 is 10.1 Å². The molecule has 0 saturated carbocycles. The van der Waals surface area contributed by atoms with Gasteiger partial charge in [0.15, 0.2) is 0 Å². The SMILES string of the molecule is COCCCNCCCOc1cc(C)ccc1C(C)(C)C. The third-order valence-corrected chi connectivity index (χ3v) is 3.40. The number of nitrogens with one attached hydrogen (secondary N) is 1. The molecule has 0 bridgehead atoms. The van der Waals surface area contributed by atoms with Crippen molar-refractivity contribution in [1.29, 1.82) is 0 Å². The second kappa shape index (κ2) is 9.06. The van der Waals surface area contributed by atoms with E-state index in [1.165, 1.54) is 11.1 Å². The molecule has 0 atom stereocenters. The van der Waals surface area contributed by atoms with Crippen LogP contribution in [-0.2, 0) is 10.2 Å². The number of methoxy groups -OCH3 is 1. The van der Waals surface area contributed by atoms with Gasteiger partial charge in [0.1, 0.15) is 5.75 Å². The van der Waals surface area contributed by atoms with Crippen molar-refractivity contribution in [3.63, 3.8) is 0 Å². The quantitative estimate of drug-likeness (QED) is 0.704. The van der Waals surface area contributed by atoms with Gasteiger partial charge in [-0.2, -0.15) is 0 Å². The summed E-state index contributed by atoms with van der Waals surface area (Å²) in [6.07, 6.45) is 2.08. The van der Waals surface area contributed by atoms with Crippen molar-refractivity contribution in [1.82, 2.24) is 5.32 Å². The summed E-state index contributed by atoms with van der Waals surface area (Å²) < 4.78 is 11.0. The van der Waals surface area contributed by atoms with Crippen molar-refractivity contribution in [2.75, 3.05) is 33.4 Å². The van der Waals surface area contributed by atoms with Crippen LogP contribution in [0.15, 0.2) is 18.2 Å². The smallest absolute Gasteiger partial charge is 0.123 e. The normalized spacial score (nSPS) is 11.7. The second-order valence-corrected chi connectivity index (χ2v) is 6.55. The van der Waals surface area contributed by atoms with Gasteiger partial charge in [0, 0.05) is 13.7 Å². The molecule has 120 valence electrons. The van der Waals surface area contributed by atoms with E-state index in [-0.39, 0.29) is 5.41 Å². The Balaban J connectivity index is 2.36. The van der Waals surface area contributed by atoms with Gasteiger partial charge in [0.05, 0.1) is 6.61 Å². The maximum atomic E-state index is 6.01. The molecule has 0 amide bonds. The second-order valence-electron chi connectivity index (χ2n) is 6.55. The fourth-order valence-electron chi connectivity index (χ4n) is 2.21. The monoisotopic (exact) mass is 293 g/mol. The van der Waals surface area contributed by atoms with Gasteiger partial charge < -0.3 is 14.8 Å². The van der Waals surface area contributed by atoms with E-state index < -0.39 is 0 Å². The van der Waals surface area contributed by atoms with E-state index in [9.17, 15) is 0 Å². The molecule has 0 saturated heterocycles. The number of hydrogen-bond donors (Lipinski definition) is 1. The lowest BCUT2D eigenvalue weighted by Crippen LogP contribution is -2.20. The van der Waals surface area contributed by atoms with E-state index in [0.717, 1.165) is 44.9 Å². The van der Waals surface area contributed by atoms with Crippen molar-refractivity contribution >= 4 is 0 Å². The molecule has 0 radical (unpaired) electrons. The topological polar surface area (TPSA) is 30.5 Å². The lowest BCUT2D eigenvalue weighted by atomic mass is 9.86. The summed E-state index contributed by atoms with van der Waals surface area (Å²) in [5.41, 5.74) is 2.64. The van der Waals surface area contributed by atoms with E-state index in [4.69, 9.17) is 9.47 Å². The highest BCUT2D eigenvalue weighted by atomic mass is 16.5. The minimum atomic E-state index is 0.113. The molecule has 0 aromatic heterocycles. The van der Waals surface area contributed by atoms with Crippen molar-refractivity contribution in [3.05, 3.63) is 29.3 Å². The van der Waals surface area contributed by atoms with Gasteiger partial charge in [-0.25, -0.2) is 0 Å². The molecule has 1 aromatic rings. The zero-order valence-corrected chi connectivity index (χ0v) is 14.3. The molecular weight excluding hydrogens is 262 g/mol. The maximum absolute atomic E-state index is 6.01. The van der Waals surface area contributed by atoms with Gasteiger partial charge in [0.2, 0.25) is 0 Å². The van der Waals surface area contributed by atoms with E-state index in [0.29, 0.717) is 0 Å². The average Bonchev–Trinajstić information content (AvgIpc) is 2.40. The van der Waals surface area contributed by atoms with Crippen LogP contribution in [0.25, 0.3) is 0 Å². The lowest BCUT2D eigenvalue weighted by Gasteiger charge is -2.23. The van der Waals surface area contributed by atoms with E-state index >= 15 is 0 Å². The highest BCUT2D eigenvalue weighted by Crippen LogP contribution is 2.32. The van der Waals surface area contributed by atoms with Crippen molar-refractivity contribution < 1.29 is 9.47 Å². The van der Waals surface area contributed by atoms with E-state index in [2.05, 4.69) is 51.2 Å². The third-order valence-electron chi connectivity index (χ3n) is 3.40. The Morgan fingerprint density at radius 2 is 1.71 bits per heavy atom. The van der Waals surface area contributed by atoms with Crippen LogP contribution in [0.5, 0.6) is 5.75 Å². The summed E-state index contributed by atoms with van der Waals surface area (Å²) in [7, 11) is 1.74. The molecule has 1 rings (SSSR count). The molecule has 1 aromatic carbocycles. The molecule has 0 aliphatic heterocycles. The van der Waals surface area contributed by atoms with Crippen LogP contribution in [0, 0.1) is 6.92 Å². The van der Waals surface area contributed by atoms with Crippen LogP contribution in [0.2, 0.25) is 0 Å². The van der Waals surface area contributed by atoms with Gasteiger partial charge in [0.25, 0.3) is 0 Å². The van der Waals surface area contributed by atoms with Gasteiger partial charge >= 0.3 is 0 Å². The Kier molecular flexibility index (Phi) is 7.76. The molecule has 0 fully saturated rings. The molecule has 0 heterocycles. The first-order valence-electron chi connectivity index (χ1n) is 7.88. The number of ether oxygens (including phenoxy) is 2. The minimum absolute atomic E-state index is 0.113. The summed E-state index contributed by atoms with van der Waals surface area (Å²) >= 11 is 0. The number of hydrogen-bond acceptors (Lipinski definition) is 3. The maximum Gasteiger partial charge on any atom is 0.123 e. The molecule has 3 heteroatoms. The number of benzene rings is 1. The minimum Gasteiger partial charge on any atom is -0.493 e. The largest absolute Gasteiger partial charge is 0.493 e. The Hall–Kier alpha value is -1.06. The predicted octanol–water partition coefficient (Wildman–Crippen LogP) is 3.69. The first kappa shape index (κ1) is 18.0. The van der Waals surface area contributed by atoms with Crippen molar-refractivity contribution in [2.24, 2.45) is 0 Å². The van der Waals surface area contributed by atoms with Crippen LogP contribution in [0.4, 0.5) is 0 Å². The summed E-state index contributed by atoms with van der Waals surface area (Å²) in [6.45, 7) is 12.3. The highest BCUT2D eigenvalue weighted by Gasteiger charge is 2.18. The zero-order valence-electron chi connectivity index (χ0n) is 14.3. The molecule has 0 aliphatic carbocycles. The van der Waals surface area contributed by atoms with Crippen molar-refractivity contribution in [3.8, 4) is 5.75 Å². The standard InChI is InChI=1S/C18H31NO2/c1-15-8-9-16(18(2,3)4)17(14-15)21-13-7-11-19-10-6-12-20-5/h8-9,14,19H,6-7,10-13H2,1-5H3. The summed E-state index contributed by atoms with van der Waals surface area (Å²) in [5.74, 6) is 1.03. The zero-order chi connectivity index (χ0) is 15.7. The molecule has 1 N–H and O–H groups in total. The average molecular weight is 293 g/mol. The Morgan fingerprint density at radius 1 is 1.05 bits per heavy atom. The third kappa shape index (κ3) is 6.96. The van der Waals surface area contributed by atoms with Gasteiger partial charge in [-0.05, 0) is 55.5 Å². The summed E-state index contributed by atoms with van der Waals surface area (Å²) in [6, 6.07) is 6.49. The lowest BCUT2D eigenvalue weighted by molar-refractivity contribution is 0.194. The van der Waals surface area contributed by atoms with Gasteiger partial charge in [-0.3, -0.25) is 0 Å². The molecule has 21 heavy (non-hydrogen) atoms. The molecular formula is C18H31NO2. The first-order valence-corrected chi connectivity index (χ1v) is 7.88. The van der Waals surface area contributed by atoms with Gasteiger partial charge in [-0.1, -0.05) is 32.9 Å². The number of aryl methyl sites for hydroxylation is 1. The summed E-state index contributed by atoms with van der Waals surface area (Å²) in [5, 5.41) is 3.40. The number of rotatable bonds is 9.